The molecule has 102 valence electrons. The monoisotopic (exact) mass is 307 g/mol. The number of hydrogen-bond acceptors (Lipinski definition) is 4. The Hall–Kier alpha value is -1.96. The van der Waals surface area contributed by atoms with Gasteiger partial charge in [-0.05, 0) is 23.8 Å². The van der Waals surface area contributed by atoms with Gasteiger partial charge in [0.1, 0.15) is 16.6 Å². The molecule has 1 aromatic heterocycles. The lowest BCUT2D eigenvalue weighted by molar-refractivity contribution is 0.464. The summed E-state index contributed by atoms with van der Waals surface area (Å²) < 4.78 is 5.62. The van der Waals surface area contributed by atoms with Crippen LogP contribution in [-0.4, -0.2) is 12.0 Å². The van der Waals surface area contributed by atoms with Crippen LogP contribution in [0.15, 0.2) is 30.3 Å². The number of nitrogens with zero attached hydrogens (tertiary/aromatic N) is 2. The number of anilines is 1. The van der Waals surface area contributed by atoms with Crippen LogP contribution in [0.5, 0.6) is 11.6 Å². The zero-order valence-electron chi connectivity index (χ0n) is 10.7. The molecule has 4 nitrogen and oxygen atoms in total. The highest BCUT2D eigenvalue weighted by Gasteiger charge is 2.10. The van der Waals surface area contributed by atoms with Crippen molar-refractivity contribution in [3.63, 3.8) is 0 Å². The number of halogens is 2. The molecule has 6 heteroatoms. The average molecular weight is 308 g/mol. The minimum Gasteiger partial charge on any atom is -0.437 e. The van der Waals surface area contributed by atoms with Crippen molar-refractivity contribution in [1.29, 1.82) is 5.26 Å². The van der Waals surface area contributed by atoms with Crippen LogP contribution < -0.4 is 10.1 Å². The average Bonchev–Trinajstić information content (AvgIpc) is 2.44. The first kappa shape index (κ1) is 14.4. The summed E-state index contributed by atoms with van der Waals surface area (Å²) in [5.74, 6) is 1.35. The topological polar surface area (TPSA) is 57.9 Å². The molecule has 0 unspecified atom stereocenters. The third kappa shape index (κ3) is 3.32. The van der Waals surface area contributed by atoms with Gasteiger partial charge < -0.3 is 10.1 Å². The predicted octanol–water partition coefficient (Wildman–Crippen LogP) is 4.29. The van der Waals surface area contributed by atoms with Crippen LogP contribution >= 0.6 is 23.2 Å². The SMILES string of the molecule is CNc1nc(Oc2ccc(CC#N)cc2)c(Cl)cc1Cl. The fraction of sp³-hybridized carbons (Fsp3) is 0.143. The first-order valence-electron chi connectivity index (χ1n) is 5.81. The van der Waals surface area contributed by atoms with Gasteiger partial charge in [0.15, 0.2) is 0 Å². The van der Waals surface area contributed by atoms with E-state index in [0.717, 1.165) is 5.56 Å². The minimum atomic E-state index is 0.272. The molecule has 0 aliphatic carbocycles. The van der Waals surface area contributed by atoms with E-state index in [1.54, 1.807) is 25.2 Å². The lowest BCUT2D eigenvalue weighted by Crippen LogP contribution is -1.97. The lowest BCUT2D eigenvalue weighted by atomic mass is 10.2. The van der Waals surface area contributed by atoms with Gasteiger partial charge in [-0.3, -0.25) is 0 Å². The van der Waals surface area contributed by atoms with Crippen molar-refractivity contribution >= 4 is 29.0 Å². The van der Waals surface area contributed by atoms with Gasteiger partial charge in [-0.15, -0.1) is 0 Å². The van der Waals surface area contributed by atoms with Crippen molar-refractivity contribution in [1.82, 2.24) is 4.98 Å². The summed E-state index contributed by atoms with van der Waals surface area (Å²) in [6.07, 6.45) is 0.365. The Bertz CT molecular complexity index is 651. The first-order chi connectivity index (χ1) is 9.63. The van der Waals surface area contributed by atoms with Gasteiger partial charge in [-0.2, -0.15) is 10.2 Å². The van der Waals surface area contributed by atoms with Gasteiger partial charge in [0.2, 0.25) is 5.88 Å². The van der Waals surface area contributed by atoms with E-state index in [1.165, 1.54) is 0 Å². The molecule has 1 heterocycles. The Morgan fingerprint density at radius 2 is 1.95 bits per heavy atom. The van der Waals surface area contributed by atoms with Crippen LogP contribution in [0.4, 0.5) is 5.82 Å². The van der Waals surface area contributed by atoms with Gasteiger partial charge in [0.25, 0.3) is 0 Å². The van der Waals surface area contributed by atoms with Crippen LogP contribution in [0.2, 0.25) is 10.0 Å². The van der Waals surface area contributed by atoms with Gasteiger partial charge in [0.05, 0.1) is 17.5 Å². The molecule has 0 saturated heterocycles. The number of pyridine rings is 1. The number of nitriles is 1. The molecule has 2 rings (SSSR count). The molecule has 0 bridgehead atoms. The molecule has 1 aromatic carbocycles. The zero-order valence-corrected chi connectivity index (χ0v) is 12.2. The van der Waals surface area contributed by atoms with Crippen LogP contribution in [-0.2, 0) is 6.42 Å². The normalized spacial score (nSPS) is 9.90. The number of rotatable bonds is 4. The maximum Gasteiger partial charge on any atom is 0.240 e. The van der Waals surface area contributed by atoms with E-state index >= 15 is 0 Å². The van der Waals surface area contributed by atoms with Crippen LogP contribution in [0.3, 0.4) is 0 Å². The zero-order chi connectivity index (χ0) is 14.5. The molecule has 0 fully saturated rings. The highest BCUT2D eigenvalue weighted by Crippen LogP contribution is 2.33. The molecule has 0 spiro atoms. The summed E-state index contributed by atoms with van der Waals surface area (Å²) in [7, 11) is 1.71. The number of aromatic nitrogens is 1. The van der Waals surface area contributed by atoms with E-state index in [0.29, 0.717) is 28.0 Å². The molecule has 0 radical (unpaired) electrons. The van der Waals surface area contributed by atoms with E-state index in [9.17, 15) is 0 Å². The van der Waals surface area contributed by atoms with E-state index < -0.39 is 0 Å². The molecule has 0 aliphatic heterocycles. The van der Waals surface area contributed by atoms with E-state index in [-0.39, 0.29) is 5.88 Å². The number of benzene rings is 1. The van der Waals surface area contributed by atoms with E-state index in [4.69, 9.17) is 33.2 Å². The van der Waals surface area contributed by atoms with Gasteiger partial charge in [-0.25, -0.2) is 0 Å². The lowest BCUT2D eigenvalue weighted by Gasteiger charge is -2.10. The Kier molecular flexibility index (Phi) is 4.67. The molecule has 2 aromatic rings. The molecule has 1 N–H and O–H groups in total. The summed E-state index contributed by atoms with van der Waals surface area (Å²) in [5, 5.41) is 12.2. The van der Waals surface area contributed by atoms with Crippen molar-refractivity contribution in [2.75, 3.05) is 12.4 Å². The molecule has 0 amide bonds. The summed E-state index contributed by atoms with van der Waals surface area (Å²) in [4.78, 5) is 4.19. The summed E-state index contributed by atoms with van der Waals surface area (Å²) in [6, 6.07) is 10.8. The van der Waals surface area contributed by atoms with Gasteiger partial charge in [-0.1, -0.05) is 35.3 Å². The van der Waals surface area contributed by atoms with E-state index in [1.807, 2.05) is 12.1 Å². The summed E-state index contributed by atoms with van der Waals surface area (Å²) in [6.45, 7) is 0. The van der Waals surface area contributed by atoms with Crippen molar-refractivity contribution in [3.05, 3.63) is 45.9 Å². The quantitative estimate of drug-likeness (QED) is 0.915. The molecule has 0 aliphatic rings. The van der Waals surface area contributed by atoms with Crippen molar-refractivity contribution in [2.45, 2.75) is 6.42 Å². The van der Waals surface area contributed by atoms with Crippen molar-refractivity contribution in [3.8, 4) is 17.7 Å². The molecular weight excluding hydrogens is 297 g/mol. The third-order valence-electron chi connectivity index (χ3n) is 2.56. The number of nitrogens with one attached hydrogen (secondary N) is 1. The number of ether oxygens (including phenoxy) is 1. The summed E-state index contributed by atoms with van der Waals surface area (Å²) in [5.41, 5.74) is 0.922. The van der Waals surface area contributed by atoms with Gasteiger partial charge in [0, 0.05) is 7.05 Å². The van der Waals surface area contributed by atoms with Gasteiger partial charge >= 0.3 is 0 Å². The van der Waals surface area contributed by atoms with Crippen LogP contribution in [0, 0.1) is 11.3 Å². The smallest absolute Gasteiger partial charge is 0.240 e. The standard InChI is InChI=1S/C14H11Cl2N3O/c1-18-13-11(15)8-12(16)14(19-13)20-10-4-2-9(3-5-10)6-7-17/h2-5,8H,6H2,1H3,(H,18,19). The third-order valence-corrected chi connectivity index (χ3v) is 3.11. The second kappa shape index (κ2) is 6.47. The maximum absolute atomic E-state index is 8.62. The van der Waals surface area contributed by atoms with Crippen LogP contribution in [0.1, 0.15) is 5.56 Å². The Morgan fingerprint density at radius 3 is 2.55 bits per heavy atom. The van der Waals surface area contributed by atoms with Crippen LogP contribution in [0.25, 0.3) is 0 Å². The fourth-order valence-corrected chi connectivity index (χ4v) is 2.07. The fourth-order valence-electron chi connectivity index (χ4n) is 1.57. The number of hydrogen-bond donors (Lipinski definition) is 1. The second-order valence-electron chi connectivity index (χ2n) is 3.94. The molecule has 0 atom stereocenters. The highest BCUT2D eigenvalue weighted by molar-refractivity contribution is 6.36. The first-order valence-corrected chi connectivity index (χ1v) is 6.57. The summed E-state index contributed by atoms with van der Waals surface area (Å²) >= 11 is 12.0. The van der Waals surface area contributed by atoms with Crippen molar-refractivity contribution < 1.29 is 4.74 Å². The maximum atomic E-state index is 8.62. The Labute approximate surface area is 126 Å². The largest absolute Gasteiger partial charge is 0.437 e. The van der Waals surface area contributed by atoms with Crippen molar-refractivity contribution in [2.24, 2.45) is 0 Å². The second-order valence-corrected chi connectivity index (χ2v) is 4.75. The minimum absolute atomic E-state index is 0.272. The molecule has 0 saturated carbocycles. The Morgan fingerprint density at radius 1 is 1.25 bits per heavy atom. The highest BCUT2D eigenvalue weighted by atomic mass is 35.5. The Balaban J connectivity index is 2.23. The molecular formula is C14H11Cl2N3O. The molecule has 20 heavy (non-hydrogen) atoms. The predicted molar refractivity (Wildman–Crippen MR) is 79.6 cm³/mol. The van der Waals surface area contributed by atoms with E-state index in [2.05, 4.69) is 16.4 Å².